The van der Waals surface area contributed by atoms with Crippen molar-refractivity contribution in [1.82, 2.24) is 0 Å². The minimum atomic E-state index is 0.127. The summed E-state index contributed by atoms with van der Waals surface area (Å²) in [6, 6.07) is 0. The third kappa shape index (κ3) is 2.92. The van der Waals surface area contributed by atoms with Gasteiger partial charge in [0.15, 0.2) is 0 Å². The van der Waals surface area contributed by atoms with Crippen LogP contribution < -0.4 is 0 Å². The first-order valence-electron chi connectivity index (χ1n) is 3.12. The Labute approximate surface area is 56.5 Å². The zero-order chi connectivity index (χ0) is 7.28. The van der Waals surface area contributed by atoms with Gasteiger partial charge in [0.1, 0.15) is 6.29 Å². The number of hydrogen-bond donors (Lipinski definition) is 0. The van der Waals surface area contributed by atoms with Gasteiger partial charge >= 0.3 is 0 Å². The molecule has 0 aliphatic rings. The Morgan fingerprint density at radius 3 is 2.33 bits per heavy atom. The molecule has 9 heavy (non-hydrogen) atoms. The number of carbonyl (C=O) groups is 1. The molecule has 0 saturated carbocycles. The van der Waals surface area contributed by atoms with Crippen molar-refractivity contribution in [1.29, 1.82) is 0 Å². The maximum absolute atomic E-state index is 9.98. The SMILES string of the molecule is C#CC(CC=O)C(C)C. The molecule has 0 saturated heterocycles. The van der Waals surface area contributed by atoms with E-state index in [1.165, 1.54) is 0 Å². The Hall–Kier alpha value is -0.770. The van der Waals surface area contributed by atoms with Gasteiger partial charge in [-0.1, -0.05) is 13.8 Å². The molecule has 0 heterocycles. The summed E-state index contributed by atoms with van der Waals surface area (Å²) in [7, 11) is 0. The third-order valence-electron chi connectivity index (χ3n) is 1.37. The van der Waals surface area contributed by atoms with Crippen LogP contribution in [0, 0.1) is 24.2 Å². The Balaban J connectivity index is 3.71. The van der Waals surface area contributed by atoms with Gasteiger partial charge in [0.25, 0.3) is 0 Å². The molecule has 0 aromatic carbocycles. The van der Waals surface area contributed by atoms with Crippen LogP contribution in [0.5, 0.6) is 0 Å². The second kappa shape index (κ2) is 4.14. The number of terminal acetylenes is 1. The molecule has 0 radical (unpaired) electrons. The van der Waals surface area contributed by atoms with Crippen LogP contribution in [0.1, 0.15) is 20.3 Å². The molecule has 0 aliphatic carbocycles. The molecule has 0 bridgehead atoms. The second-order valence-corrected chi connectivity index (χ2v) is 2.42. The van der Waals surface area contributed by atoms with E-state index < -0.39 is 0 Å². The monoisotopic (exact) mass is 124 g/mol. The number of hydrogen-bond acceptors (Lipinski definition) is 1. The van der Waals surface area contributed by atoms with Crippen molar-refractivity contribution in [3.63, 3.8) is 0 Å². The molecular formula is C8H12O. The fourth-order valence-corrected chi connectivity index (χ4v) is 0.636. The molecule has 0 aromatic heterocycles. The Morgan fingerprint density at radius 2 is 2.22 bits per heavy atom. The maximum Gasteiger partial charge on any atom is 0.121 e. The highest BCUT2D eigenvalue weighted by Gasteiger charge is 2.07. The van der Waals surface area contributed by atoms with Crippen molar-refractivity contribution in [2.45, 2.75) is 20.3 Å². The normalized spacial score (nSPS) is 12.7. The Kier molecular flexibility index (Phi) is 3.79. The molecule has 1 atom stereocenters. The first-order chi connectivity index (χ1) is 4.22. The number of carbonyl (C=O) groups excluding carboxylic acids is 1. The van der Waals surface area contributed by atoms with Gasteiger partial charge in [0, 0.05) is 12.3 Å². The second-order valence-electron chi connectivity index (χ2n) is 2.42. The topological polar surface area (TPSA) is 17.1 Å². The molecule has 0 fully saturated rings. The van der Waals surface area contributed by atoms with Gasteiger partial charge in [0.2, 0.25) is 0 Å². The first kappa shape index (κ1) is 8.23. The standard InChI is InChI=1S/C8H12O/c1-4-8(5-6-9)7(2)3/h1,6-8H,5H2,2-3H3. The highest BCUT2D eigenvalue weighted by atomic mass is 16.1. The smallest absolute Gasteiger partial charge is 0.121 e. The van der Waals surface area contributed by atoms with Gasteiger partial charge in [0.05, 0.1) is 0 Å². The zero-order valence-electron chi connectivity index (χ0n) is 5.92. The summed E-state index contributed by atoms with van der Waals surface area (Å²) in [5.41, 5.74) is 0. The van der Waals surface area contributed by atoms with E-state index in [1.54, 1.807) is 0 Å². The minimum Gasteiger partial charge on any atom is -0.303 e. The van der Waals surface area contributed by atoms with Crippen molar-refractivity contribution >= 4 is 6.29 Å². The quantitative estimate of drug-likeness (QED) is 0.411. The van der Waals surface area contributed by atoms with E-state index in [1.807, 2.05) is 13.8 Å². The van der Waals surface area contributed by atoms with Crippen LogP contribution in [-0.2, 0) is 4.79 Å². The molecule has 0 rings (SSSR count). The lowest BCUT2D eigenvalue weighted by Gasteiger charge is -2.09. The van der Waals surface area contributed by atoms with Crippen LogP contribution >= 0.6 is 0 Å². The van der Waals surface area contributed by atoms with E-state index in [0.717, 1.165) is 6.29 Å². The summed E-state index contributed by atoms with van der Waals surface area (Å²) in [4.78, 5) is 9.98. The molecular weight excluding hydrogens is 112 g/mol. The lowest BCUT2D eigenvalue weighted by atomic mass is 9.94. The summed E-state index contributed by atoms with van der Waals surface area (Å²) in [6.07, 6.45) is 6.52. The fourth-order valence-electron chi connectivity index (χ4n) is 0.636. The predicted octanol–water partition coefficient (Wildman–Crippen LogP) is 1.48. The van der Waals surface area contributed by atoms with Gasteiger partial charge in [-0.3, -0.25) is 0 Å². The van der Waals surface area contributed by atoms with Crippen LogP contribution in [0.3, 0.4) is 0 Å². The molecule has 50 valence electrons. The van der Waals surface area contributed by atoms with Crippen molar-refractivity contribution in [3.8, 4) is 12.3 Å². The van der Waals surface area contributed by atoms with Crippen LogP contribution in [0.25, 0.3) is 0 Å². The van der Waals surface area contributed by atoms with Crippen molar-refractivity contribution in [2.24, 2.45) is 11.8 Å². The molecule has 0 aliphatic heterocycles. The van der Waals surface area contributed by atoms with E-state index >= 15 is 0 Å². The highest BCUT2D eigenvalue weighted by molar-refractivity contribution is 5.50. The van der Waals surface area contributed by atoms with E-state index in [0.29, 0.717) is 12.3 Å². The molecule has 1 unspecified atom stereocenters. The molecule has 0 aromatic rings. The summed E-state index contributed by atoms with van der Waals surface area (Å²) < 4.78 is 0. The van der Waals surface area contributed by atoms with Crippen molar-refractivity contribution in [2.75, 3.05) is 0 Å². The van der Waals surface area contributed by atoms with Gasteiger partial charge in [-0.05, 0) is 5.92 Å². The predicted molar refractivity (Wildman–Crippen MR) is 37.8 cm³/mol. The molecule has 1 nitrogen and oxygen atoms in total. The van der Waals surface area contributed by atoms with E-state index in [-0.39, 0.29) is 5.92 Å². The van der Waals surface area contributed by atoms with Gasteiger partial charge < -0.3 is 4.79 Å². The number of aldehydes is 1. The molecule has 0 amide bonds. The fraction of sp³-hybridized carbons (Fsp3) is 0.625. The summed E-state index contributed by atoms with van der Waals surface area (Å²) in [5.74, 6) is 3.12. The average molecular weight is 124 g/mol. The maximum atomic E-state index is 9.98. The highest BCUT2D eigenvalue weighted by Crippen LogP contribution is 2.11. The Bertz CT molecular complexity index is 119. The number of rotatable bonds is 3. The van der Waals surface area contributed by atoms with Gasteiger partial charge in [-0.15, -0.1) is 12.3 Å². The van der Waals surface area contributed by atoms with Crippen molar-refractivity contribution in [3.05, 3.63) is 0 Å². The lowest BCUT2D eigenvalue weighted by Crippen LogP contribution is -2.05. The first-order valence-corrected chi connectivity index (χ1v) is 3.12. The largest absolute Gasteiger partial charge is 0.303 e. The van der Waals surface area contributed by atoms with Crippen LogP contribution in [0.4, 0.5) is 0 Å². The van der Waals surface area contributed by atoms with Gasteiger partial charge in [-0.2, -0.15) is 0 Å². The van der Waals surface area contributed by atoms with Crippen LogP contribution in [0.15, 0.2) is 0 Å². The van der Waals surface area contributed by atoms with Crippen molar-refractivity contribution < 1.29 is 4.79 Å². The molecule has 0 spiro atoms. The molecule has 0 N–H and O–H groups in total. The zero-order valence-corrected chi connectivity index (χ0v) is 5.92. The minimum absolute atomic E-state index is 0.127. The van der Waals surface area contributed by atoms with Crippen LogP contribution in [-0.4, -0.2) is 6.29 Å². The molecule has 1 heteroatoms. The van der Waals surface area contributed by atoms with Gasteiger partial charge in [-0.25, -0.2) is 0 Å². The third-order valence-corrected chi connectivity index (χ3v) is 1.37. The average Bonchev–Trinajstić information content (AvgIpc) is 1.82. The summed E-state index contributed by atoms with van der Waals surface area (Å²) >= 11 is 0. The summed E-state index contributed by atoms with van der Waals surface area (Å²) in [6.45, 7) is 4.04. The van der Waals surface area contributed by atoms with Crippen LogP contribution in [0.2, 0.25) is 0 Å². The van der Waals surface area contributed by atoms with E-state index in [2.05, 4.69) is 5.92 Å². The Morgan fingerprint density at radius 1 is 1.67 bits per heavy atom. The summed E-state index contributed by atoms with van der Waals surface area (Å²) in [5, 5.41) is 0. The van der Waals surface area contributed by atoms with E-state index in [9.17, 15) is 4.79 Å². The lowest BCUT2D eigenvalue weighted by molar-refractivity contribution is -0.108. The van der Waals surface area contributed by atoms with E-state index in [4.69, 9.17) is 6.42 Å².